The van der Waals surface area contributed by atoms with Crippen molar-refractivity contribution in [2.75, 3.05) is 28.3 Å². The van der Waals surface area contributed by atoms with Crippen molar-refractivity contribution < 1.29 is 49.6 Å². The minimum atomic E-state index is -1.29. The van der Waals surface area contributed by atoms with E-state index in [9.17, 15) is 30.6 Å². The molecule has 14 nitrogen and oxygen atoms in total. The SMILES string of the molecule is CN=C1N[C@@H]2[C@@H](O)[C@H](O)[C@@H]([C@@](C)(O)CCc3ccc(OC)cc3)O[C@@H]2S1.CN=C1N[C@@H]2[C@@H](O)[C@H](O)[C@@H]([C@](C)(O)CCc3ccc(OC)cc3)O[C@@H]2S1. The highest BCUT2D eigenvalue weighted by atomic mass is 32.2. The zero-order valence-electron chi connectivity index (χ0n) is 30.2. The van der Waals surface area contributed by atoms with Crippen LogP contribution in [-0.4, -0.2) is 140 Å². The second kappa shape index (κ2) is 17.2. The molecule has 2 aromatic rings. The van der Waals surface area contributed by atoms with E-state index in [1.54, 1.807) is 42.2 Å². The van der Waals surface area contributed by atoms with E-state index in [1.807, 2.05) is 48.5 Å². The van der Waals surface area contributed by atoms with Gasteiger partial charge >= 0.3 is 0 Å². The summed E-state index contributed by atoms with van der Waals surface area (Å²) in [4.78, 5) is 8.14. The third-order valence-electron chi connectivity index (χ3n) is 10.0. The van der Waals surface area contributed by atoms with Gasteiger partial charge in [0.1, 0.15) is 59.0 Å². The van der Waals surface area contributed by atoms with Crippen molar-refractivity contribution in [3.63, 3.8) is 0 Å². The lowest BCUT2D eigenvalue weighted by Gasteiger charge is -2.45. The molecule has 52 heavy (non-hydrogen) atoms. The Morgan fingerprint density at radius 1 is 0.635 bits per heavy atom. The van der Waals surface area contributed by atoms with Gasteiger partial charge in [-0.25, -0.2) is 0 Å². The molecule has 12 atom stereocenters. The smallest absolute Gasteiger partial charge is 0.159 e. The zero-order valence-corrected chi connectivity index (χ0v) is 31.9. The molecule has 0 saturated carbocycles. The molecule has 8 N–H and O–H groups in total. The number of aliphatic hydroxyl groups excluding tert-OH is 4. The van der Waals surface area contributed by atoms with E-state index in [0.717, 1.165) is 22.6 Å². The summed E-state index contributed by atoms with van der Waals surface area (Å²) in [5.74, 6) is 1.56. The van der Waals surface area contributed by atoms with Crippen molar-refractivity contribution in [3.8, 4) is 11.5 Å². The Bertz CT molecular complexity index is 1420. The lowest BCUT2D eigenvalue weighted by Crippen LogP contribution is -2.64. The molecular formula is C36H52N4O10S2. The first-order chi connectivity index (χ1) is 24.7. The Morgan fingerprint density at radius 3 is 1.29 bits per heavy atom. The number of aliphatic hydroxyl groups is 6. The second-order valence-corrected chi connectivity index (χ2v) is 16.0. The molecule has 0 aromatic heterocycles. The number of nitrogens with zero attached hydrogens (tertiary/aromatic N) is 2. The van der Waals surface area contributed by atoms with Gasteiger partial charge in [0, 0.05) is 14.1 Å². The molecule has 0 bridgehead atoms. The van der Waals surface area contributed by atoms with Crippen molar-refractivity contribution in [2.24, 2.45) is 9.98 Å². The van der Waals surface area contributed by atoms with E-state index in [0.29, 0.717) is 36.0 Å². The second-order valence-electron chi connectivity index (χ2n) is 13.9. The van der Waals surface area contributed by atoms with E-state index in [4.69, 9.17) is 18.9 Å². The molecule has 2 aromatic carbocycles. The summed E-state index contributed by atoms with van der Waals surface area (Å²) >= 11 is 2.72. The molecule has 4 fully saturated rings. The highest BCUT2D eigenvalue weighted by molar-refractivity contribution is 8.14. The average molecular weight is 765 g/mol. The number of rotatable bonds is 10. The van der Waals surface area contributed by atoms with Crippen LogP contribution < -0.4 is 20.1 Å². The predicted octanol–water partition coefficient (Wildman–Crippen LogP) is 1.03. The molecule has 0 spiro atoms. The number of nitrogens with one attached hydrogen (secondary N) is 2. The molecule has 288 valence electrons. The summed E-state index contributed by atoms with van der Waals surface area (Å²) in [5, 5.41) is 71.2. The van der Waals surface area contributed by atoms with E-state index < -0.39 is 70.8 Å². The van der Waals surface area contributed by atoms with Crippen LogP contribution in [0.3, 0.4) is 0 Å². The third kappa shape index (κ3) is 9.17. The van der Waals surface area contributed by atoms with Gasteiger partial charge in [-0.2, -0.15) is 0 Å². The predicted molar refractivity (Wildman–Crippen MR) is 201 cm³/mol. The van der Waals surface area contributed by atoms with Gasteiger partial charge in [-0.05, 0) is 74.9 Å². The van der Waals surface area contributed by atoms with Crippen molar-refractivity contribution in [3.05, 3.63) is 59.7 Å². The Labute approximate surface area is 313 Å². The maximum atomic E-state index is 11.0. The van der Waals surface area contributed by atoms with Crippen LogP contribution in [-0.2, 0) is 22.3 Å². The molecule has 16 heteroatoms. The number of hydrogen-bond donors (Lipinski definition) is 8. The Hall–Kier alpha value is -2.64. The zero-order chi connectivity index (χ0) is 37.8. The summed E-state index contributed by atoms with van der Waals surface area (Å²) in [6, 6.07) is 14.4. The summed E-state index contributed by atoms with van der Waals surface area (Å²) in [7, 11) is 6.53. The van der Waals surface area contributed by atoms with Crippen LogP contribution in [0.4, 0.5) is 0 Å². The molecular weight excluding hydrogens is 713 g/mol. The first kappa shape index (κ1) is 40.5. The van der Waals surface area contributed by atoms with Crippen LogP contribution in [0.25, 0.3) is 0 Å². The molecule has 0 unspecified atom stereocenters. The molecule has 0 amide bonds. The summed E-state index contributed by atoms with van der Waals surface area (Å²) < 4.78 is 22.2. The first-order valence-electron chi connectivity index (χ1n) is 17.2. The van der Waals surface area contributed by atoms with Crippen LogP contribution in [0.5, 0.6) is 11.5 Å². The Kier molecular flexibility index (Phi) is 13.4. The third-order valence-corrected chi connectivity index (χ3v) is 12.4. The lowest BCUT2D eigenvalue weighted by atomic mass is 9.83. The number of ether oxygens (including phenoxy) is 4. The monoisotopic (exact) mass is 764 g/mol. The van der Waals surface area contributed by atoms with Crippen LogP contribution in [0.15, 0.2) is 58.5 Å². The summed E-state index contributed by atoms with van der Waals surface area (Å²) in [5.41, 5.74) is -1.29. The fourth-order valence-electron chi connectivity index (χ4n) is 6.73. The quantitative estimate of drug-likeness (QED) is 0.170. The summed E-state index contributed by atoms with van der Waals surface area (Å²) in [6.07, 6.45) is -4.24. The Morgan fingerprint density at radius 2 is 0.981 bits per heavy atom. The van der Waals surface area contributed by atoms with Crippen molar-refractivity contribution in [2.45, 2.75) is 110 Å². The van der Waals surface area contributed by atoms with Crippen molar-refractivity contribution >= 4 is 33.9 Å². The molecule has 4 aliphatic rings. The van der Waals surface area contributed by atoms with Crippen LogP contribution >= 0.6 is 23.5 Å². The van der Waals surface area contributed by atoms with Crippen molar-refractivity contribution in [1.29, 1.82) is 0 Å². The van der Waals surface area contributed by atoms with Crippen molar-refractivity contribution in [1.82, 2.24) is 10.6 Å². The molecule has 6 rings (SSSR count). The van der Waals surface area contributed by atoms with Gasteiger partial charge in [0.2, 0.25) is 0 Å². The van der Waals surface area contributed by atoms with E-state index >= 15 is 0 Å². The van der Waals surface area contributed by atoms with Gasteiger partial charge in [0.05, 0.1) is 37.5 Å². The number of methoxy groups -OCH3 is 2. The highest BCUT2D eigenvalue weighted by Crippen LogP contribution is 2.40. The minimum Gasteiger partial charge on any atom is -0.497 e. The molecule has 4 aliphatic heterocycles. The normalized spacial score (nSPS) is 34.8. The fraction of sp³-hybridized carbons (Fsp3) is 0.611. The minimum absolute atomic E-state index is 0.387. The topological polar surface area (TPSA) is 207 Å². The Balaban J connectivity index is 0.000000201. The van der Waals surface area contributed by atoms with Gasteiger partial charge in [0.25, 0.3) is 0 Å². The van der Waals surface area contributed by atoms with Gasteiger partial charge in [-0.15, -0.1) is 0 Å². The molecule has 0 aliphatic carbocycles. The maximum Gasteiger partial charge on any atom is 0.159 e. The molecule has 4 heterocycles. The van der Waals surface area contributed by atoms with E-state index in [2.05, 4.69) is 20.6 Å². The number of aliphatic imine (C=N–C) groups is 2. The van der Waals surface area contributed by atoms with Gasteiger partial charge in [-0.3, -0.25) is 9.98 Å². The van der Waals surface area contributed by atoms with Gasteiger partial charge < -0.3 is 60.2 Å². The molecule has 0 radical (unpaired) electrons. The lowest BCUT2D eigenvalue weighted by molar-refractivity contribution is -0.216. The van der Waals surface area contributed by atoms with Crippen LogP contribution in [0.2, 0.25) is 0 Å². The number of amidine groups is 2. The van der Waals surface area contributed by atoms with Gasteiger partial charge in [-0.1, -0.05) is 47.8 Å². The fourth-order valence-corrected chi connectivity index (χ4v) is 8.89. The number of aryl methyl sites for hydroxylation is 2. The summed E-state index contributed by atoms with van der Waals surface area (Å²) in [6.45, 7) is 3.28. The van der Waals surface area contributed by atoms with E-state index in [-0.39, 0.29) is 0 Å². The largest absolute Gasteiger partial charge is 0.497 e. The number of fused-ring (bicyclic) bond motifs is 2. The first-order valence-corrected chi connectivity index (χ1v) is 19.0. The maximum absolute atomic E-state index is 11.0. The number of benzene rings is 2. The van der Waals surface area contributed by atoms with Crippen LogP contribution in [0.1, 0.15) is 37.8 Å². The average Bonchev–Trinajstić information content (AvgIpc) is 3.78. The van der Waals surface area contributed by atoms with E-state index in [1.165, 1.54) is 23.5 Å². The highest BCUT2D eigenvalue weighted by Gasteiger charge is 2.55. The van der Waals surface area contributed by atoms with Gasteiger partial charge in [0.15, 0.2) is 10.3 Å². The number of hydrogen-bond acceptors (Lipinski definition) is 14. The standard InChI is InChI=1S/2C18H26N2O5S/c2*1-18(23,9-8-10-4-6-11(24-3)7-5-10)15-14(22)13(21)12-16(25-15)26-17(19-2)20-12/h2*4-7,12-16,21-23H,8-9H2,1-3H3,(H,19,20)/t12-,13-,14+,15+,16-,18+;12-,13-,14+,15+,16-,18-/m11/s1. The molecule has 4 saturated heterocycles. The number of thioether (sulfide) groups is 2. The van der Waals surface area contributed by atoms with Crippen LogP contribution in [0, 0.1) is 0 Å².